The summed E-state index contributed by atoms with van der Waals surface area (Å²) < 4.78 is 7.39. The molecule has 8 nitrogen and oxygen atoms in total. The van der Waals surface area contributed by atoms with E-state index in [1.165, 1.54) is 0 Å². The number of carboxylic acids is 1. The van der Waals surface area contributed by atoms with Crippen LogP contribution in [-0.2, 0) is 4.79 Å². The molecule has 0 fully saturated rings. The van der Waals surface area contributed by atoms with Crippen LogP contribution in [-0.4, -0.2) is 37.9 Å². The average Bonchev–Trinajstić information content (AvgIpc) is 3.31. The molecule has 3 rings (SSSR count). The summed E-state index contributed by atoms with van der Waals surface area (Å²) in [6.45, 7) is 9.82. The number of carbonyl (C=O) groups excluding carboxylic acids is 1. The van der Waals surface area contributed by atoms with Gasteiger partial charge in [-0.15, -0.1) is 0 Å². The molecule has 160 valence electrons. The number of hydrogen-bond acceptors (Lipinski definition) is 5. The highest BCUT2D eigenvalue weighted by molar-refractivity contribution is 5.97. The van der Waals surface area contributed by atoms with Gasteiger partial charge in [0.15, 0.2) is 5.76 Å². The number of amides is 1. The Morgan fingerprint density at radius 2 is 2.03 bits per heavy atom. The molecule has 30 heavy (non-hydrogen) atoms. The number of furan rings is 1. The standard InChI is InChI=1S/C22H28N4O4/c1-6-13(2)17(21(28)29)24-20(27)14-9-10-26-16(12-14)23-18(15-8-7-11-30-15)19(26)25-22(3,4)5/h7-13,17,25H,6H2,1-5H3,(H,24,27)(H,28,29). The molecule has 0 aliphatic rings. The van der Waals surface area contributed by atoms with Crippen LogP contribution < -0.4 is 10.6 Å². The number of hydrogen-bond donors (Lipinski definition) is 3. The maximum Gasteiger partial charge on any atom is 0.326 e. The number of rotatable bonds is 7. The van der Waals surface area contributed by atoms with E-state index in [9.17, 15) is 14.7 Å². The third kappa shape index (κ3) is 4.48. The van der Waals surface area contributed by atoms with Gasteiger partial charge in [0.1, 0.15) is 23.2 Å². The maximum atomic E-state index is 12.7. The molecule has 2 atom stereocenters. The number of aromatic nitrogens is 2. The van der Waals surface area contributed by atoms with E-state index >= 15 is 0 Å². The number of imidazole rings is 1. The summed E-state index contributed by atoms with van der Waals surface area (Å²) >= 11 is 0. The van der Waals surface area contributed by atoms with E-state index in [0.29, 0.717) is 29.1 Å². The smallest absolute Gasteiger partial charge is 0.326 e. The lowest BCUT2D eigenvalue weighted by Gasteiger charge is -2.22. The zero-order valence-electron chi connectivity index (χ0n) is 17.9. The molecule has 3 N–H and O–H groups in total. The molecule has 0 aromatic carbocycles. The number of nitrogens with one attached hydrogen (secondary N) is 2. The third-order valence-electron chi connectivity index (χ3n) is 4.90. The molecule has 1 amide bonds. The Morgan fingerprint density at radius 3 is 2.60 bits per heavy atom. The quantitative estimate of drug-likeness (QED) is 0.540. The number of aliphatic carboxylic acids is 1. The van der Waals surface area contributed by atoms with Crippen LogP contribution in [0, 0.1) is 5.92 Å². The fraction of sp³-hybridized carbons (Fsp3) is 0.409. The minimum Gasteiger partial charge on any atom is -0.480 e. The van der Waals surface area contributed by atoms with Crippen LogP contribution in [0.15, 0.2) is 41.1 Å². The molecule has 0 aliphatic heterocycles. The summed E-state index contributed by atoms with van der Waals surface area (Å²) in [4.78, 5) is 28.9. The predicted molar refractivity (Wildman–Crippen MR) is 115 cm³/mol. The Hall–Kier alpha value is -3.29. The summed E-state index contributed by atoms with van der Waals surface area (Å²) in [5.41, 5.74) is 1.31. The second-order valence-corrected chi connectivity index (χ2v) is 8.48. The molecular formula is C22H28N4O4. The Labute approximate surface area is 175 Å². The van der Waals surface area contributed by atoms with E-state index in [1.54, 1.807) is 37.6 Å². The van der Waals surface area contributed by atoms with Crippen LogP contribution in [0.3, 0.4) is 0 Å². The lowest BCUT2D eigenvalue weighted by Crippen LogP contribution is -2.45. The molecule has 8 heteroatoms. The minimum absolute atomic E-state index is 0.185. The zero-order chi connectivity index (χ0) is 22.1. The third-order valence-corrected chi connectivity index (χ3v) is 4.90. The highest BCUT2D eigenvalue weighted by Gasteiger charge is 2.26. The van der Waals surface area contributed by atoms with E-state index in [2.05, 4.69) is 15.6 Å². The highest BCUT2D eigenvalue weighted by atomic mass is 16.4. The molecule has 3 aromatic heterocycles. The lowest BCUT2D eigenvalue weighted by atomic mass is 9.99. The molecule has 0 aliphatic carbocycles. The molecule has 3 aromatic rings. The molecule has 0 saturated heterocycles. The Morgan fingerprint density at radius 1 is 1.30 bits per heavy atom. The molecular weight excluding hydrogens is 384 g/mol. The maximum absolute atomic E-state index is 12.7. The van der Waals surface area contributed by atoms with Crippen LogP contribution in [0.5, 0.6) is 0 Å². The van der Waals surface area contributed by atoms with Gasteiger partial charge in [0.05, 0.1) is 6.26 Å². The number of nitrogens with zero attached hydrogens (tertiary/aromatic N) is 2. The van der Waals surface area contributed by atoms with Crippen molar-refractivity contribution in [3.05, 3.63) is 42.3 Å². The molecule has 0 radical (unpaired) electrons. The monoisotopic (exact) mass is 412 g/mol. The number of anilines is 1. The molecule has 2 unspecified atom stereocenters. The summed E-state index contributed by atoms with van der Waals surface area (Å²) in [7, 11) is 0. The van der Waals surface area contributed by atoms with Crippen LogP contribution in [0.2, 0.25) is 0 Å². The summed E-state index contributed by atoms with van der Waals surface area (Å²) in [5, 5.41) is 15.5. The van der Waals surface area contributed by atoms with Crippen molar-refractivity contribution in [1.29, 1.82) is 0 Å². The van der Waals surface area contributed by atoms with E-state index in [1.807, 2.05) is 38.2 Å². The van der Waals surface area contributed by atoms with Gasteiger partial charge in [-0.25, -0.2) is 9.78 Å². The second-order valence-electron chi connectivity index (χ2n) is 8.48. The lowest BCUT2D eigenvalue weighted by molar-refractivity contribution is -0.140. The first-order valence-electron chi connectivity index (χ1n) is 9.98. The van der Waals surface area contributed by atoms with Gasteiger partial charge in [-0.2, -0.15) is 0 Å². The van der Waals surface area contributed by atoms with E-state index in [-0.39, 0.29) is 11.5 Å². The SMILES string of the molecule is CCC(C)C(NC(=O)c1ccn2c(NC(C)(C)C)c(-c3ccco3)nc2c1)C(=O)O. The van der Waals surface area contributed by atoms with Gasteiger partial charge in [-0.3, -0.25) is 9.20 Å². The Bertz CT molecular complexity index is 1050. The molecule has 0 bridgehead atoms. The van der Waals surface area contributed by atoms with Crippen molar-refractivity contribution in [3.63, 3.8) is 0 Å². The largest absolute Gasteiger partial charge is 0.480 e. The first kappa shape index (κ1) is 21.4. The van der Waals surface area contributed by atoms with E-state index < -0.39 is 17.9 Å². The number of fused-ring (bicyclic) bond motifs is 1. The summed E-state index contributed by atoms with van der Waals surface area (Å²) in [6, 6.07) is 5.97. The van der Waals surface area contributed by atoms with Crippen molar-refractivity contribution >= 4 is 23.3 Å². The van der Waals surface area contributed by atoms with E-state index in [0.717, 1.165) is 5.82 Å². The minimum atomic E-state index is -1.05. The van der Waals surface area contributed by atoms with Gasteiger partial charge in [0, 0.05) is 17.3 Å². The zero-order valence-corrected chi connectivity index (χ0v) is 17.9. The van der Waals surface area contributed by atoms with Crippen LogP contribution in [0.25, 0.3) is 17.1 Å². The number of pyridine rings is 1. The van der Waals surface area contributed by atoms with Gasteiger partial charge in [-0.05, 0) is 51.0 Å². The highest BCUT2D eigenvalue weighted by Crippen LogP contribution is 2.31. The van der Waals surface area contributed by atoms with Gasteiger partial charge < -0.3 is 20.2 Å². The number of carbonyl (C=O) groups is 2. The Kier molecular flexibility index (Phi) is 5.87. The second kappa shape index (κ2) is 8.22. The molecule has 0 spiro atoms. The topological polar surface area (TPSA) is 109 Å². The summed E-state index contributed by atoms with van der Waals surface area (Å²) in [6.07, 6.45) is 3.97. The van der Waals surface area contributed by atoms with Crippen molar-refractivity contribution in [3.8, 4) is 11.5 Å². The summed E-state index contributed by atoms with van der Waals surface area (Å²) in [5.74, 6) is -0.314. The van der Waals surface area contributed by atoms with Crippen molar-refractivity contribution in [2.45, 2.75) is 52.6 Å². The van der Waals surface area contributed by atoms with Crippen LogP contribution in [0.1, 0.15) is 51.4 Å². The fourth-order valence-corrected chi connectivity index (χ4v) is 3.15. The van der Waals surface area contributed by atoms with Gasteiger partial charge >= 0.3 is 5.97 Å². The van der Waals surface area contributed by atoms with E-state index in [4.69, 9.17) is 4.42 Å². The van der Waals surface area contributed by atoms with Crippen molar-refractivity contribution in [1.82, 2.24) is 14.7 Å². The van der Waals surface area contributed by atoms with Gasteiger partial charge in [0.2, 0.25) is 0 Å². The molecule has 0 saturated carbocycles. The molecule has 3 heterocycles. The van der Waals surface area contributed by atoms with Crippen LogP contribution >= 0.6 is 0 Å². The number of carboxylic acid groups (broad SMARTS) is 1. The predicted octanol–water partition coefficient (Wildman–Crippen LogP) is 4.03. The first-order valence-corrected chi connectivity index (χ1v) is 9.98. The normalized spacial score (nSPS) is 13.8. The average molecular weight is 412 g/mol. The van der Waals surface area contributed by atoms with Crippen molar-refractivity contribution < 1.29 is 19.1 Å². The van der Waals surface area contributed by atoms with Gasteiger partial charge in [0.25, 0.3) is 5.91 Å². The van der Waals surface area contributed by atoms with Gasteiger partial charge in [-0.1, -0.05) is 20.3 Å². The van der Waals surface area contributed by atoms with Crippen molar-refractivity contribution in [2.75, 3.05) is 5.32 Å². The van der Waals surface area contributed by atoms with Crippen LogP contribution in [0.4, 0.5) is 5.82 Å². The fourth-order valence-electron chi connectivity index (χ4n) is 3.15. The first-order chi connectivity index (χ1) is 14.1. The Balaban J connectivity index is 2.00. The van der Waals surface area contributed by atoms with Crippen molar-refractivity contribution in [2.24, 2.45) is 5.92 Å².